The van der Waals surface area contributed by atoms with Crippen molar-refractivity contribution < 1.29 is 4.74 Å². The Morgan fingerprint density at radius 3 is 2.95 bits per heavy atom. The van der Waals surface area contributed by atoms with E-state index in [0.29, 0.717) is 18.9 Å². The minimum atomic E-state index is 0.295. The summed E-state index contributed by atoms with van der Waals surface area (Å²) in [5.74, 6) is 1.43. The summed E-state index contributed by atoms with van der Waals surface area (Å²) in [5.41, 5.74) is 1.86. The number of hydrogen-bond acceptors (Lipinski definition) is 5. The van der Waals surface area contributed by atoms with E-state index in [-0.39, 0.29) is 0 Å². The van der Waals surface area contributed by atoms with E-state index < -0.39 is 0 Å². The molecule has 0 unspecified atom stereocenters. The third-order valence-electron chi connectivity index (χ3n) is 2.84. The van der Waals surface area contributed by atoms with Gasteiger partial charge in [0.15, 0.2) is 0 Å². The molecule has 5 heteroatoms. The molecular weight excluding hydrogens is 252 g/mol. The lowest BCUT2D eigenvalue weighted by Crippen LogP contribution is -2.09. The number of hydrogen-bond donors (Lipinski definition) is 1. The first-order chi connectivity index (χ1) is 9.83. The van der Waals surface area contributed by atoms with Crippen LogP contribution in [0.1, 0.15) is 11.3 Å². The van der Waals surface area contributed by atoms with Crippen LogP contribution < -0.4 is 10.1 Å². The molecule has 5 nitrogen and oxygen atoms in total. The maximum Gasteiger partial charge on any atom is 0.222 e. The monoisotopic (exact) mass is 268 g/mol. The van der Waals surface area contributed by atoms with Gasteiger partial charge in [0.1, 0.15) is 5.75 Å². The molecule has 20 heavy (non-hydrogen) atoms. The largest absolute Gasteiger partial charge is 0.496 e. The van der Waals surface area contributed by atoms with Crippen molar-refractivity contribution in [1.82, 2.24) is 9.97 Å². The highest BCUT2D eigenvalue weighted by molar-refractivity contribution is 5.34. The molecule has 0 amide bonds. The van der Waals surface area contributed by atoms with E-state index in [4.69, 9.17) is 10.00 Å². The number of nitrogens with one attached hydrogen (secondary N) is 1. The van der Waals surface area contributed by atoms with Crippen molar-refractivity contribution in [2.75, 3.05) is 19.0 Å². The zero-order valence-corrected chi connectivity index (χ0v) is 11.3. The molecule has 0 aliphatic heterocycles. The maximum atomic E-state index is 8.65. The Morgan fingerprint density at radius 2 is 2.15 bits per heavy atom. The molecule has 0 fully saturated rings. The number of nitriles is 1. The summed E-state index contributed by atoms with van der Waals surface area (Å²) in [6, 6.07) is 11.7. The Kier molecular flexibility index (Phi) is 4.90. The van der Waals surface area contributed by atoms with Crippen LogP contribution in [0.15, 0.2) is 36.5 Å². The first-order valence-electron chi connectivity index (χ1n) is 6.38. The van der Waals surface area contributed by atoms with E-state index in [0.717, 1.165) is 23.4 Å². The highest BCUT2D eigenvalue weighted by Crippen LogP contribution is 2.17. The topological polar surface area (TPSA) is 70.8 Å². The molecule has 0 aliphatic rings. The van der Waals surface area contributed by atoms with Gasteiger partial charge in [-0.1, -0.05) is 18.2 Å². The van der Waals surface area contributed by atoms with E-state index in [1.165, 1.54) is 0 Å². The molecule has 0 atom stereocenters. The summed E-state index contributed by atoms with van der Waals surface area (Å²) < 4.78 is 5.30. The van der Waals surface area contributed by atoms with Gasteiger partial charge in [0.05, 0.1) is 25.3 Å². The van der Waals surface area contributed by atoms with Crippen LogP contribution in [-0.2, 0) is 12.8 Å². The van der Waals surface area contributed by atoms with Crippen molar-refractivity contribution in [2.45, 2.75) is 12.8 Å². The molecule has 0 radical (unpaired) electrons. The fourth-order valence-corrected chi connectivity index (χ4v) is 1.88. The van der Waals surface area contributed by atoms with Crippen LogP contribution in [0, 0.1) is 11.3 Å². The van der Waals surface area contributed by atoms with Crippen molar-refractivity contribution in [1.29, 1.82) is 5.26 Å². The molecule has 0 aliphatic carbocycles. The van der Waals surface area contributed by atoms with Crippen LogP contribution in [0.3, 0.4) is 0 Å². The maximum absolute atomic E-state index is 8.65. The van der Waals surface area contributed by atoms with Gasteiger partial charge in [-0.25, -0.2) is 9.97 Å². The Hall–Kier alpha value is -2.61. The molecule has 2 aromatic rings. The van der Waals surface area contributed by atoms with Gasteiger partial charge >= 0.3 is 0 Å². The standard InChI is InChI=1S/C15H16N4O/c1-20-14-5-3-2-4-12(14)7-10-17-15-18-11-8-13(19-15)6-9-16/h2-5,8,11H,6-7,10H2,1H3,(H,17,18,19). The number of benzene rings is 1. The van der Waals surface area contributed by atoms with Crippen LogP contribution in [0.2, 0.25) is 0 Å². The minimum Gasteiger partial charge on any atom is -0.496 e. The molecule has 0 spiro atoms. The molecule has 1 aromatic carbocycles. The lowest BCUT2D eigenvalue weighted by atomic mass is 10.1. The van der Waals surface area contributed by atoms with Crippen LogP contribution >= 0.6 is 0 Å². The fraction of sp³-hybridized carbons (Fsp3) is 0.267. The number of anilines is 1. The number of rotatable bonds is 6. The second kappa shape index (κ2) is 7.10. The average molecular weight is 268 g/mol. The summed E-state index contributed by atoms with van der Waals surface area (Å²) in [7, 11) is 1.67. The molecule has 0 saturated carbocycles. The zero-order chi connectivity index (χ0) is 14.2. The van der Waals surface area contributed by atoms with Gasteiger partial charge in [-0.05, 0) is 24.1 Å². The zero-order valence-electron chi connectivity index (χ0n) is 11.3. The highest BCUT2D eigenvalue weighted by atomic mass is 16.5. The molecule has 1 N–H and O–H groups in total. The second-order valence-electron chi connectivity index (χ2n) is 4.20. The Balaban J connectivity index is 1.93. The van der Waals surface area contributed by atoms with Gasteiger partial charge in [-0.15, -0.1) is 0 Å². The van der Waals surface area contributed by atoms with E-state index in [9.17, 15) is 0 Å². The summed E-state index contributed by atoms with van der Waals surface area (Å²) >= 11 is 0. The number of para-hydroxylation sites is 1. The van der Waals surface area contributed by atoms with Gasteiger partial charge in [-0.3, -0.25) is 0 Å². The first-order valence-corrected chi connectivity index (χ1v) is 6.38. The summed E-state index contributed by atoms with van der Waals surface area (Å²) in [6.45, 7) is 0.705. The molecular formula is C15H16N4O. The molecule has 2 rings (SSSR count). The number of methoxy groups -OCH3 is 1. The van der Waals surface area contributed by atoms with Crippen molar-refractivity contribution in [3.05, 3.63) is 47.8 Å². The van der Waals surface area contributed by atoms with E-state index >= 15 is 0 Å². The van der Waals surface area contributed by atoms with Crippen LogP contribution in [0.5, 0.6) is 5.75 Å². The summed E-state index contributed by atoms with van der Waals surface area (Å²) in [4.78, 5) is 8.39. The second-order valence-corrected chi connectivity index (χ2v) is 4.20. The van der Waals surface area contributed by atoms with Gasteiger partial charge < -0.3 is 10.1 Å². The third kappa shape index (κ3) is 3.69. The molecule has 1 heterocycles. The predicted molar refractivity (Wildman–Crippen MR) is 76.5 cm³/mol. The van der Waals surface area contributed by atoms with Gasteiger partial charge in [-0.2, -0.15) is 5.26 Å². The van der Waals surface area contributed by atoms with Crippen molar-refractivity contribution in [3.63, 3.8) is 0 Å². The Labute approximate surface area is 118 Å². The van der Waals surface area contributed by atoms with Crippen LogP contribution in [0.4, 0.5) is 5.95 Å². The van der Waals surface area contributed by atoms with E-state index in [1.54, 1.807) is 19.4 Å². The average Bonchev–Trinajstić information content (AvgIpc) is 2.48. The minimum absolute atomic E-state index is 0.295. The summed E-state index contributed by atoms with van der Waals surface area (Å²) in [5, 5.41) is 11.8. The van der Waals surface area contributed by atoms with Crippen molar-refractivity contribution in [2.24, 2.45) is 0 Å². The number of nitrogens with zero attached hydrogens (tertiary/aromatic N) is 3. The smallest absolute Gasteiger partial charge is 0.222 e. The van der Waals surface area contributed by atoms with Gasteiger partial charge in [0.2, 0.25) is 5.95 Å². The fourth-order valence-electron chi connectivity index (χ4n) is 1.88. The van der Waals surface area contributed by atoms with E-state index in [2.05, 4.69) is 21.4 Å². The Morgan fingerprint density at radius 1 is 1.30 bits per heavy atom. The highest BCUT2D eigenvalue weighted by Gasteiger charge is 2.02. The van der Waals surface area contributed by atoms with Crippen LogP contribution in [0.25, 0.3) is 0 Å². The van der Waals surface area contributed by atoms with Crippen molar-refractivity contribution >= 4 is 5.95 Å². The first kappa shape index (κ1) is 13.8. The summed E-state index contributed by atoms with van der Waals surface area (Å²) in [6.07, 6.45) is 2.77. The van der Waals surface area contributed by atoms with Crippen LogP contribution in [-0.4, -0.2) is 23.6 Å². The molecule has 102 valence electrons. The molecule has 0 saturated heterocycles. The number of aromatic nitrogens is 2. The predicted octanol–water partition coefficient (Wildman–Crippen LogP) is 2.21. The van der Waals surface area contributed by atoms with E-state index in [1.807, 2.05) is 24.3 Å². The SMILES string of the molecule is COc1ccccc1CCNc1nccc(CC#N)n1. The van der Waals surface area contributed by atoms with Gasteiger partial charge in [0.25, 0.3) is 0 Å². The molecule has 1 aromatic heterocycles. The van der Waals surface area contributed by atoms with Crippen molar-refractivity contribution in [3.8, 4) is 11.8 Å². The third-order valence-corrected chi connectivity index (χ3v) is 2.84. The lowest BCUT2D eigenvalue weighted by molar-refractivity contribution is 0.410. The number of ether oxygens (including phenoxy) is 1. The van der Waals surface area contributed by atoms with Gasteiger partial charge in [0, 0.05) is 12.7 Å². The lowest BCUT2D eigenvalue weighted by Gasteiger charge is -2.09. The Bertz CT molecular complexity index is 607. The molecule has 0 bridgehead atoms. The quantitative estimate of drug-likeness (QED) is 0.869. The normalized spacial score (nSPS) is 9.80.